The number of hydrogen-bond donors (Lipinski definition) is 1. The zero-order chi connectivity index (χ0) is 14.5. The Balaban J connectivity index is 2.26. The summed E-state index contributed by atoms with van der Waals surface area (Å²) in [6.45, 7) is 2.84. The van der Waals surface area contributed by atoms with Crippen LogP contribution in [0.25, 0.3) is 0 Å². The van der Waals surface area contributed by atoms with Crippen LogP contribution in [-0.4, -0.2) is 28.4 Å². The second-order valence-electron chi connectivity index (χ2n) is 4.51. The molecule has 1 N–H and O–H groups in total. The lowest BCUT2D eigenvalue weighted by atomic mass is 10.0. The molecule has 2 rings (SSSR count). The molecule has 6 heteroatoms. The van der Waals surface area contributed by atoms with E-state index in [1.165, 1.54) is 19.5 Å². The quantitative estimate of drug-likeness (QED) is 0.876. The summed E-state index contributed by atoms with van der Waals surface area (Å²) in [6.07, 6.45) is 2.21. The molecule has 5 nitrogen and oxygen atoms in total. The van der Waals surface area contributed by atoms with Gasteiger partial charge in [0.1, 0.15) is 12.2 Å². The van der Waals surface area contributed by atoms with E-state index in [-0.39, 0.29) is 17.6 Å². The highest BCUT2D eigenvalue weighted by Gasteiger charge is 2.16. The van der Waals surface area contributed by atoms with E-state index in [1.54, 1.807) is 16.8 Å². The number of rotatable bonds is 6. The zero-order valence-electron chi connectivity index (χ0n) is 11.9. The van der Waals surface area contributed by atoms with E-state index >= 15 is 0 Å². The van der Waals surface area contributed by atoms with Crippen molar-refractivity contribution in [2.75, 3.05) is 13.7 Å². The molecular weight excluding hydrogens is 259 g/mol. The highest BCUT2D eigenvalue weighted by molar-refractivity contribution is 5.32. The minimum absolute atomic E-state index is 0.0393. The largest absolute Gasteiger partial charge is 0.494 e. The molecule has 1 aromatic carbocycles. The minimum atomic E-state index is -0.356. The molecule has 0 saturated heterocycles. The van der Waals surface area contributed by atoms with E-state index < -0.39 is 0 Å². The molecule has 0 aliphatic rings. The zero-order valence-corrected chi connectivity index (χ0v) is 11.9. The van der Waals surface area contributed by atoms with Gasteiger partial charge < -0.3 is 10.1 Å². The van der Waals surface area contributed by atoms with Crippen molar-refractivity contribution in [2.24, 2.45) is 7.05 Å². The fourth-order valence-electron chi connectivity index (χ4n) is 2.13. The first-order valence-corrected chi connectivity index (χ1v) is 6.55. The predicted octanol–water partition coefficient (Wildman–Crippen LogP) is 1.86. The summed E-state index contributed by atoms with van der Waals surface area (Å²) in [6, 6.07) is 4.95. The maximum absolute atomic E-state index is 13.5. The maximum Gasteiger partial charge on any atom is 0.165 e. The van der Waals surface area contributed by atoms with Crippen molar-refractivity contribution in [3.05, 3.63) is 41.7 Å². The van der Waals surface area contributed by atoms with Crippen LogP contribution in [0.15, 0.2) is 24.5 Å². The number of nitrogens with zero attached hydrogens (tertiary/aromatic N) is 3. The summed E-state index contributed by atoms with van der Waals surface area (Å²) < 4.78 is 20.3. The third-order valence-corrected chi connectivity index (χ3v) is 3.22. The lowest BCUT2D eigenvalue weighted by molar-refractivity contribution is 0.384. The average Bonchev–Trinajstić information content (AvgIpc) is 2.84. The van der Waals surface area contributed by atoms with Crippen molar-refractivity contribution in [1.82, 2.24) is 20.1 Å². The summed E-state index contributed by atoms with van der Waals surface area (Å²) in [5.41, 5.74) is 0.966. The summed E-state index contributed by atoms with van der Waals surface area (Å²) >= 11 is 0. The Morgan fingerprint density at radius 3 is 2.85 bits per heavy atom. The molecular formula is C14H19FN4O. The average molecular weight is 278 g/mol. The molecule has 1 atom stereocenters. The third-order valence-electron chi connectivity index (χ3n) is 3.22. The van der Waals surface area contributed by atoms with Crippen molar-refractivity contribution in [1.29, 1.82) is 0 Å². The van der Waals surface area contributed by atoms with Crippen LogP contribution in [-0.2, 0) is 13.5 Å². The molecule has 0 spiro atoms. The van der Waals surface area contributed by atoms with Crippen LogP contribution in [0.3, 0.4) is 0 Å². The van der Waals surface area contributed by atoms with Gasteiger partial charge in [-0.15, -0.1) is 0 Å². The summed E-state index contributed by atoms with van der Waals surface area (Å²) in [4.78, 5) is 4.23. The molecule has 0 saturated carbocycles. The summed E-state index contributed by atoms with van der Waals surface area (Å²) in [7, 11) is 3.32. The molecule has 0 aliphatic carbocycles. The van der Waals surface area contributed by atoms with Crippen LogP contribution in [0.2, 0.25) is 0 Å². The molecule has 1 unspecified atom stereocenters. The number of benzene rings is 1. The molecule has 20 heavy (non-hydrogen) atoms. The van der Waals surface area contributed by atoms with E-state index in [0.29, 0.717) is 6.42 Å². The Morgan fingerprint density at radius 1 is 1.45 bits per heavy atom. The van der Waals surface area contributed by atoms with Gasteiger partial charge in [0.25, 0.3) is 0 Å². The van der Waals surface area contributed by atoms with Crippen LogP contribution < -0.4 is 10.1 Å². The van der Waals surface area contributed by atoms with Gasteiger partial charge in [-0.05, 0) is 24.2 Å². The highest BCUT2D eigenvalue weighted by atomic mass is 19.1. The first kappa shape index (κ1) is 14.5. The first-order chi connectivity index (χ1) is 9.65. The van der Waals surface area contributed by atoms with Crippen molar-refractivity contribution in [3.8, 4) is 5.75 Å². The fourth-order valence-corrected chi connectivity index (χ4v) is 2.13. The van der Waals surface area contributed by atoms with Gasteiger partial charge >= 0.3 is 0 Å². The molecule has 0 aliphatic heterocycles. The van der Waals surface area contributed by atoms with Crippen LogP contribution in [0.1, 0.15) is 24.4 Å². The van der Waals surface area contributed by atoms with Crippen LogP contribution >= 0.6 is 0 Å². The lowest BCUT2D eigenvalue weighted by Gasteiger charge is -2.18. The van der Waals surface area contributed by atoms with Gasteiger partial charge in [-0.25, -0.2) is 9.37 Å². The maximum atomic E-state index is 13.5. The van der Waals surface area contributed by atoms with Crippen LogP contribution in [0, 0.1) is 5.82 Å². The van der Waals surface area contributed by atoms with E-state index in [1.807, 2.05) is 14.0 Å². The van der Waals surface area contributed by atoms with E-state index in [4.69, 9.17) is 4.74 Å². The minimum Gasteiger partial charge on any atom is -0.494 e. The number of methoxy groups -OCH3 is 1. The molecule has 1 aromatic heterocycles. The molecule has 0 amide bonds. The second-order valence-corrected chi connectivity index (χ2v) is 4.51. The van der Waals surface area contributed by atoms with Crippen molar-refractivity contribution in [2.45, 2.75) is 19.4 Å². The fraction of sp³-hybridized carbons (Fsp3) is 0.429. The number of hydrogen-bond acceptors (Lipinski definition) is 4. The number of aromatic nitrogens is 3. The van der Waals surface area contributed by atoms with Gasteiger partial charge in [0, 0.05) is 19.5 Å². The van der Waals surface area contributed by atoms with Gasteiger partial charge in [-0.1, -0.05) is 13.0 Å². The topological polar surface area (TPSA) is 52.0 Å². The number of aryl methyl sites for hydroxylation is 1. The molecule has 0 bridgehead atoms. The van der Waals surface area contributed by atoms with Gasteiger partial charge in [0.2, 0.25) is 0 Å². The lowest BCUT2D eigenvalue weighted by Crippen LogP contribution is -2.24. The number of ether oxygens (including phenoxy) is 1. The van der Waals surface area contributed by atoms with Crippen molar-refractivity contribution >= 4 is 0 Å². The van der Waals surface area contributed by atoms with Crippen molar-refractivity contribution in [3.63, 3.8) is 0 Å². The predicted molar refractivity (Wildman–Crippen MR) is 74.1 cm³/mol. The Hall–Kier alpha value is -1.95. The number of halogens is 1. The number of nitrogens with one attached hydrogen (secondary N) is 1. The molecule has 2 aromatic rings. The van der Waals surface area contributed by atoms with E-state index in [2.05, 4.69) is 15.4 Å². The van der Waals surface area contributed by atoms with E-state index in [0.717, 1.165) is 17.9 Å². The Labute approximate surface area is 117 Å². The first-order valence-electron chi connectivity index (χ1n) is 6.55. The Kier molecular flexibility index (Phi) is 4.68. The van der Waals surface area contributed by atoms with Gasteiger partial charge in [-0.2, -0.15) is 5.10 Å². The third kappa shape index (κ3) is 3.14. The Morgan fingerprint density at radius 2 is 2.25 bits per heavy atom. The summed E-state index contributed by atoms with van der Waals surface area (Å²) in [5.74, 6) is 0.771. The van der Waals surface area contributed by atoms with Crippen molar-refractivity contribution < 1.29 is 9.13 Å². The molecule has 0 fully saturated rings. The number of likely N-dealkylation sites (N-methyl/N-ethyl adjacent to an activating group) is 1. The van der Waals surface area contributed by atoms with Gasteiger partial charge in [0.15, 0.2) is 11.6 Å². The highest BCUT2D eigenvalue weighted by Crippen LogP contribution is 2.24. The van der Waals surface area contributed by atoms with Crippen LogP contribution in [0.5, 0.6) is 5.75 Å². The molecule has 108 valence electrons. The van der Waals surface area contributed by atoms with Gasteiger partial charge in [-0.3, -0.25) is 4.68 Å². The Bertz CT molecular complexity index is 570. The SMILES string of the molecule is CCNC(Cc1ncnn1C)c1ccc(F)c(OC)c1. The van der Waals surface area contributed by atoms with Crippen LogP contribution in [0.4, 0.5) is 4.39 Å². The van der Waals surface area contributed by atoms with Gasteiger partial charge in [0.05, 0.1) is 7.11 Å². The monoisotopic (exact) mass is 278 g/mol. The summed E-state index contributed by atoms with van der Waals surface area (Å²) in [5, 5.41) is 7.44. The standard InChI is InChI=1S/C14H19FN4O/c1-4-16-12(8-14-17-9-18-19(14)2)10-5-6-11(15)13(7-10)20-3/h5-7,9,12,16H,4,8H2,1-3H3. The normalized spacial score (nSPS) is 12.4. The smallest absolute Gasteiger partial charge is 0.165 e. The second kappa shape index (κ2) is 6.47. The van der Waals surface area contributed by atoms with E-state index in [9.17, 15) is 4.39 Å². The molecule has 0 radical (unpaired) electrons. The molecule has 1 heterocycles.